The third-order valence-electron chi connectivity index (χ3n) is 6.98. The maximum atomic E-state index is 13.2. The highest BCUT2D eigenvalue weighted by atomic mass is 35.5. The number of aryl methyl sites for hydroxylation is 2. The number of esters is 1. The van der Waals surface area contributed by atoms with Gasteiger partial charge >= 0.3 is 5.97 Å². The Bertz CT molecular complexity index is 1710. The molecule has 0 amide bonds. The van der Waals surface area contributed by atoms with Crippen molar-refractivity contribution in [1.29, 1.82) is 0 Å². The van der Waals surface area contributed by atoms with E-state index in [1.165, 1.54) is 5.56 Å². The van der Waals surface area contributed by atoms with E-state index in [9.17, 15) is 4.79 Å². The zero-order valence-electron chi connectivity index (χ0n) is 20.0. The molecule has 7 rings (SSSR count). The van der Waals surface area contributed by atoms with E-state index in [0.29, 0.717) is 17.1 Å². The van der Waals surface area contributed by atoms with Crippen LogP contribution in [0, 0.1) is 0 Å². The summed E-state index contributed by atoms with van der Waals surface area (Å²) in [5, 5.41) is 3.83. The summed E-state index contributed by atoms with van der Waals surface area (Å²) in [6.45, 7) is 1.05. The number of carbonyl (C=O) groups excluding carboxylic acids is 1. The molecule has 7 heteroatoms. The number of methoxy groups -OCH3 is 1. The Balaban J connectivity index is 0.00000252. The fourth-order valence-corrected chi connectivity index (χ4v) is 5.13. The second-order valence-corrected chi connectivity index (χ2v) is 9.02. The van der Waals surface area contributed by atoms with Crippen molar-refractivity contribution in [3.05, 3.63) is 90.1 Å². The first-order chi connectivity index (χ1) is 17.7. The Morgan fingerprint density at radius 3 is 2.51 bits per heavy atom. The predicted molar refractivity (Wildman–Crippen MR) is 135 cm³/mol. The first kappa shape index (κ1) is 23.1. The summed E-state index contributed by atoms with van der Waals surface area (Å²) >= 11 is 0. The van der Waals surface area contributed by atoms with E-state index in [1.807, 2.05) is 54.7 Å². The zero-order valence-corrected chi connectivity index (χ0v) is 20.7. The van der Waals surface area contributed by atoms with E-state index < -0.39 is 5.97 Å². The van der Waals surface area contributed by atoms with Crippen LogP contribution in [0.4, 0.5) is 0 Å². The third-order valence-corrected chi connectivity index (χ3v) is 6.98. The van der Waals surface area contributed by atoms with Crippen molar-refractivity contribution in [2.75, 3.05) is 13.9 Å². The molecule has 0 spiro atoms. The Labute approximate surface area is 219 Å². The maximum Gasteiger partial charge on any atom is 0.343 e. The van der Waals surface area contributed by atoms with Crippen molar-refractivity contribution in [3.63, 3.8) is 0 Å². The number of ether oxygens (including phenoxy) is 4. The molecule has 0 radical (unpaired) electrons. The molecule has 1 aromatic heterocycles. The van der Waals surface area contributed by atoms with Crippen LogP contribution >= 0.6 is 0 Å². The van der Waals surface area contributed by atoms with Gasteiger partial charge in [0.15, 0.2) is 35.7 Å². The number of benzene rings is 4. The molecule has 3 heterocycles. The van der Waals surface area contributed by atoms with Crippen molar-refractivity contribution in [3.8, 4) is 34.3 Å². The summed E-state index contributed by atoms with van der Waals surface area (Å²) in [6, 6.07) is 23.6. The summed E-state index contributed by atoms with van der Waals surface area (Å²) in [6.07, 6.45) is 2.91. The molecule has 4 aromatic carbocycles. The van der Waals surface area contributed by atoms with Gasteiger partial charge in [0.25, 0.3) is 0 Å². The molecular weight excluding hydrogens is 490 g/mol. The minimum absolute atomic E-state index is 0. The Kier molecular flexibility index (Phi) is 5.61. The van der Waals surface area contributed by atoms with Gasteiger partial charge in [-0.3, -0.25) is 0 Å². The second kappa shape index (κ2) is 8.98. The van der Waals surface area contributed by atoms with Gasteiger partial charge in [-0.15, -0.1) is 0 Å². The highest BCUT2D eigenvalue weighted by molar-refractivity contribution is 5.99. The van der Waals surface area contributed by atoms with Gasteiger partial charge in [0, 0.05) is 12.5 Å². The lowest BCUT2D eigenvalue weighted by Gasteiger charge is -2.17. The summed E-state index contributed by atoms with van der Waals surface area (Å²) < 4.78 is 25.0. The molecule has 6 nitrogen and oxygen atoms in total. The average molecular weight is 512 g/mol. The molecule has 0 unspecified atom stereocenters. The van der Waals surface area contributed by atoms with Crippen molar-refractivity contribution in [2.45, 2.75) is 13.0 Å². The fourth-order valence-electron chi connectivity index (χ4n) is 5.13. The van der Waals surface area contributed by atoms with Crippen LogP contribution in [0.25, 0.3) is 32.8 Å². The number of nitrogens with zero attached hydrogens (tertiary/aromatic N) is 1. The lowest BCUT2D eigenvalue weighted by atomic mass is 9.95. The lowest BCUT2D eigenvalue weighted by Crippen LogP contribution is -3.00. The number of aromatic nitrogens is 1. The normalized spacial score (nSPS) is 13.0. The first-order valence-corrected chi connectivity index (χ1v) is 11.9. The summed E-state index contributed by atoms with van der Waals surface area (Å²) in [7, 11) is 1.58. The minimum atomic E-state index is -0.424. The quantitative estimate of drug-likeness (QED) is 0.212. The van der Waals surface area contributed by atoms with Crippen LogP contribution in [0.3, 0.4) is 0 Å². The average Bonchev–Trinajstić information content (AvgIpc) is 3.38. The van der Waals surface area contributed by atoms with E-state index in [2.05, 4.69) is 22.8 Å². The lowest BCUT2D eigenvalue weighted by molar-refractivity contribution is -0.686. The van der Waals surface area contributed by atoms with Crippen LogP contribution in [0.2, 0.25) is 0 Å². The molecule has 0 saturated carbocycles. The zero-order chi connectivity index (χ0) is 24.2. The summed E-state index contributed by atoms with van der Waals surface area (Å²) in [4.78, 5) is 13.2. The topological polar surface area (TPSA) is 57.9 Å². The number of hydrogen-bond acceptors (Lipinski definition) is 5. The molecule has 0 fully saturated rings. The fraction of sp³-hybridized carbons (Fsp3) is 0.133. The van der Waals surface area contributed by atoms with E-state index in [-0.39, 0.29) is 19.2 Å². The Morgan fingerprint density at radius 2 is 1.68 bits per heavy atom. The predicted octanol–water partition coefficient (Wildman–Crippen LogP) is 2.46. The van der Waals surface area contributed by atoms with Crippen LogP contribution < -0.4 is 35.9 Å². The Morgan fingerprint density at radius 1 is 0.892 bits per heavy atom. The molecule has 2 aliphatic rings. The molecule has 0 aliphatic carbocycles. The van der Waals surface area contributed by atoms with Crippen LogP contribution in [0.5, 0.6) is 23.0 Å². The Hall–Kier alpha value is -4.29. The number of carbonyl (C=O) groups is 1. The van der Waals surface area contributed by atoms with Crippen LogP contribution in [-0.2, 0) is 13.0 Å². The number of fused-ring (bicyclic) bond motifs is 6. The van der Waals surface area contributed by atoms with Crippen LogP contribution in [0.1, 0.15) is 15.9 Å². The van der Waals surface area contributed by atoms with E-state index in [0.717, 1.165) is 57.3 Å². The number of halogens is 1. The van der Waals surface area contributed by atoms with Gasteiger partial charge in [0.2, 0.25) is 12.5 Å². The molecule has 184 valence electrons. The van der Waals surface area contributed by atoms with E-state index in [4.69, 9.17) is 18.9 Å². The van der Waals surface area contributed by atoms with Gasteiger partial charge in [-0.25, -0.2) is 4.79 Å². The highest BCUT2D eigenvalue weighted by Gasteiger charge is 2.29. The molecular formula is C30H22ClNO5. The minimum Gasteiger partial charge on any atom is -1.00 e. The molecule has 2 aliphatic heterocycles. The molecule has 0 saturated heterocycles. The summed E-state index contributed by atoms with van der Waals surface area (Å²) in [5.41, 5.74) is 3.93. The highest BCUT2D eigenvalue weighted by Crippen LogP contribution is 2.41. The smallest absolute Gasteiger partial charge is 0.343 e. The van der Waals surface area contributed by atoms with Gasteiger partial charge < -0.3 is 31.4 Å². The SMILES string of the molecule is COc1ccc2cc3[n+](cc2c1OC(=O)c1ccc2ccccc2c1)CCc1cc2c(cc1-3)OCO2.[Cl-]. The number of rotatable bonds is 3. The van der Waals surface area contributed by atoms with E-state index >= 15 is 0 Å². The van der Waals surface area contributed by atoms with Gasteiger partial charge in [0.1, 0.15) is 0 Å². The molecule has 5 aromatic rings. The van der Waals surface area contributed by atoms with Crippen LogP contribution in [-0.4, -0.2) is 19.9 Å². The van der Waals surface area contributed by atoms with Crippen molar-refractivity contribution >= 4 is 27.5 Å². The van der Waals surface area contributed by atoms with Crippen molar-refractivity contribution in [1.82, 2.24) is 0 Å². The second-order valence-electron chi connectivity index (χ2n) is 9.02. The molecule has 0 atom stereocenters. The first-order valence-electron chi connectivity index (χ1n) is 11.9. The van der Waals surface area contributed by atoms with Crippen molar-refractivity contribution < 1.29 is 40.7 Å². The third kappa shape index (κ3) is 3.81. The standard InChI is InChI=1S/C30H22NO5.ClH/c1-33-26-9-8-20-13-25-23-15-28-27(34-17-35-28)14-21(23)10-11-31(25)16-24(20)29(26)36-30(32)22-7-6-18-4-2-3-5-19(18)12-22;/h2-9,12-16H,10-11,17H2,1H3;1H/q+1;/p-1. The van der Waals surface area contributed by atoms with E-state index in [1.54, 1.807) is 13.2 Å². The maximum absolute atomic E-state index is 13.2. The molecule has 0 bridgehead atoms. The largest absolute Gasteiger partial charge is 1.00 e. The van der Waals surface area contributed by atoms with Crippen LogP contribution in [0.15, 0.2) is 79.0 Å². The summed E-state index contributed by atoms with van der Waals surface area (Å²) in [5.74, 6) is 2.07. The molecule has 0 N–H and O–H groups in total. The van der Waals surface area contributed by atoms with Gasteiger partial charge in [0.05, 0.1) is 23.6 Å². The monoisotopic (exact) mass is 511 g/mol. The molecule has 37 heavy (non-hydrogen) atoms. The van der Waals surface area contributed by atoms with Gasteiger partial charge in [-0.2, -0.15) is 4.57 Å². The number of hydrogen-bond donors (Lipinski definition) is 0. The van der Waals surface area contributed by atoms with Gasteiger partial charge in [-0.05, 0) is 58.1 Å². The van der Waals surface area contributed by atoms with Gasteiger partial charge in [-0.1, -0.05) is 30.3 Å². The number of pyridine rings is 1. The van der Waals surface area contributed by atoms with Crippen molar-refractivity contribution in [2.24, 2.45) is 0 Å².